The van der Waals surface area contributed by atoms with E-state index < -0.39 is 0 Å². The number of rotatable bonds is 4. The number of amides is 1. The lowest BCUT2D eigenvalue weighted by Gasteiger charge is -2.23. The highest BCUT2D eigenvalue weighted by molar-refractivity contribution is 5.97. The number of carbonyl (C=O) groups excluding carboxylic acids is 1. The lowest BCUT2D eigenvalue weighted by Crippen LogP contribution is -2.33. The van der Waals surface area contributed by atoms with Gasteiger partial charge in [-0.2, -0.15) is 10.2 Å². The van der Waals surface area contributed by atoms with Gasteiger partial charge in [-0.15, -0.1) is 0 Å². The van der Waals surface area contributed by atoms with Crippen LogP contribution in [-0.4, -0.2) is 35.0 Å². The summed E-state index contributed by atoms with van der Waals surface area (Å²) >= 11 is 0. The van der Waals surface area contributed by atoms with Crippen molar-refractivity contribution >= 4 is 5.91 Å². The summed E-state index contributed by atoms with van der Waals surface area (Å²) in [4.78, 5) is 17.5. The summed E-state index contributed by atoms with van der Waals surface area (Å²) in [7, 11) is 1.83. The summed E-state index contributed by atoms with van der Waals surface area (Å²) in [6.07, 6.45) is 8.04. The Kier molecular flexibility index (Phi) is 3.87. The molecule has 1 aliphatic heterocycles. The summed E-state index contributed by atoms with van der Waals surface area (Å²) in [6, 6.07) is 3.72. The molecule has 0 spiro atoms. The first-order chi connectivity index (χ1) is 12.2. The Morgan fingerprint density at radius 1 is 1.36 bits per heavy atom. The molecule has 3 aromatic heterocycles. The highest BCUT2D eigenvalue weighted by Gasteiger charge is 2.27. The maximum absolute atomic E-state index is 12.9. The third-order valence-corrected chi connectivity index (χ3v) is 4.54. The van der Waals surface area contributed by atoms with Gasteiger partial charge in [0.2, 0.25) is 0 Å². The molecule has 0 saturated carbocycles. The zero-order valence-electron chi connectivity index (χ0n) is 14.4. The van der Waals surface area contributed by atoms with Crippen molar-refractivity contribution in [1.82, 2.24) is 34.4 Å². The molecule has 0 unspecified atom stereocenters. The Labute approximate surface area is 145 Å². The topological polar surface area (TPSA) is 82.6 Å². The van der Waals surface area contributed by atoms with E-state index in [4.69, 9.17) is 0 Å². The highest BCUT2D eigenvalue weighted by Crippen LogP contribution is 2.24. The van der Waals surface area contributed by atoms with Crippen LogP contribution in [0.15, 0.2) is 30.7 Å². The van der Waals surface area contributed by atoms with Gasteiger partial charge >= 0.3 is 0 Å². The van der Waals surface area contributed by atoms with Crippen molar-refractivity contribution in [2.45, 2.75) is 38.8 Å². The van der Waals surface area contributed by atoms with E-state index in [2.05, 4.69) is 20.5 Å². The molecule has 0 saturated heterocycles. The Bertz CT molecular complexity index is 890. The van der Waals surface area contributed by atoms with Crippen LogP contribution in [-0.2, 0) is 20.0 Å². The van der Waals surface area contributed by atoms with Crippen molar-refractivity contribution in [2.24, 2.45) is 7.05 Å². The van der Waals surface area contributed by atoms with E-state index in [1.807, 2.05) is 47.7 Å². The molecule has 4 heterocycles. The molecule has 1 N–H and O–H groups in total. The monoisotopic (exact) mass is 339 g/mol. The van der Waals surface area contributed by atoms with Crippen molar-refractivity contribution in [3.05, 3.63) is 47.9 Å². The lowest BCUT2D eigenvalue weighted by molar-refractivity contribution is 0.0927. The number of aromatic nitrogens is 6. The average molecular weight is 339 g/mol. The molecule has 1 aliphatic rings. The Morgan fingerprint density at radius 2 is 2.16 bits per heavy atom. The molecule has 4 rings (SSSR count). The Morgan fingerprint density at radius 3 is 2.92 bits per heavy atom. The van der Waals surface area contributed by atoms with E-state index in [0.29, 0.717) is 5.56 Å². The van der Waals surface area contributed by atoms with Crippen LogP contribution in [0.4, 0.5) is 0 Å². The predicted molar refractivity (Wildman–Crippen MR) is 91.4 cm³/mol. The van der Waals surface area contributed by atoms with Crippen LogP contribution in [0.1, 0.15) is 47.8 Å². The Hall–Kier alpha value is -2.90. The zero-order valence-corrected chi connectivity index (χ0v) is 14.4. The van der Waals surface area contributed by atoms with Gasteiger partial charge in [-0.3, -0.25) is 9.48 Å². The van der Waals surface area contributed by atoms with E-state index in [1.165, 1.54) is 0 Å². The number of fused-ring (bicyclic) bond motifs is 1. The number of hydrogen-bond donors (Lipinski definition) is 1. The molecule has 0 bridgehead atoms. The molecular weight excluding hydrogens is 318 g/mol. The van der Waals surface area contributed by atoms with Gasteiger partial charge in [0, 0.05) is 32.4 Å². The van der Waals surface area contributed by atoms with Crippen molar-refractivity contribution in [3.63, 3.8) is 0 Å². The van der Waals surface area contributed by atoms with Crippen LogP contribution in [0, 0.1) is 0 Å². The summed E-state index contributed by atoms with van der Waals surface area (Å²) in [5, 5.41) is 11.9. The smallest absolute Gasteiger partial charge is 0.257 e. The summed E-state index contributed by atoms with van der Waals surface area (Å²) in [6.45, 7) is 2.89. The van der Waals surface area contributed by atoms with E-state index >= 15 is 0 Å². The van der Waals surface area contributed by atoms with Crippen molar-refractivity contribution < 1.29 is 4.79 Å². The normalized spacial score (nSPS) is 16.6. The number of nitrogens with one attached hydrogen (secondary N) is 1. The molecule has 0 aromatic carbocycles. The molecular formula is C17H21N7O. The van der Waals surface area contributed by atoms with Crippen LogP contribution >= 0.6 is 0 Å². The predicted octanol–water partition coefficient (Wildman–Crippen LogP) is 1.63. The van der Waals surface area contributed by atoms with Crippen molar-refractivity contribution in [3.8, 4) is 5.82 Å². The van der Waals surface area contributed by atoms with Gasteiger partial charge in [-0.1, -0.05) is 6.92 Å². The van der Waals surface area contributed by atoms with Gasteiger partial charge in [0.1, 0.15) is 17.2 Å². The summed E-state index contributed by atoms with van der Waals surface area (Å²) in [5.74, 6) is 2.28. The number of hydrogen-bond acceptors (Lipinski definition) is 4. The van der Waals surface area contributed by atoms with Crippen LogP contribution in [0.3, 0.4) is 0 Å². The largest absolute Gasteiger partial charge is 0.342 e. The van der Waals surface area contributed by atoms with Crippen molar-refractivity contribution in [1.29, 1.82) is 0 Å². The summed E-state index contributed by atoms with van der Waals surface area (Å²) < 4.78 is 5.51. The first kappa shape index (κ1) is 15.6. The van der Waals surface area contributed by atoms with Gasteiger partial charge < -0.3 is 9.88 Å². The fourth-order valence-electron chi connectivity index (χ4n) is 3.30. The van der Waals surface area contributed by atoms with Crippen LogP contribution < -0.4 is 5.32 Å². The zero-order chi connectivity index (χ0) is 17.4. The van der Waals surface area contributed by atoms with Gasteiger partial charge in [-0.25, -0.2) is 9.67 Å². The third-order valence-electron chi connectivity index (χ3n) is 4.54. The van der Waals surface area contributed by atoms with E-state index in [-0.39, 0.29) is 11.9 Å². The minimum absolute atomic E-state index is 0.119. The molecule has 0 aliphatic carbocycles. The SMILES string of the molecule is CCc1nc2n(n1)CCC[C@@H]2NC(=O)c1cnn(C)c1-n1cccc1. The maximum atomic E-state index is 12.9. The minimum Gasteiger partial charge on any atom is -0.342 e. The van der Waals surface area contributed by atoms with Crippen molar-refractivity contribution in [2.75, 3.05) is 0 Å². The molecule has 8 heteroatoms. The second-order valence-corrected chi connectivity index (χ2v) is 6.23. The van der Waals surface area contributed by atoms with E-state index in [1.54, 1.807) is 10.9 Å². The molecule has 3 aromatic rings. The third kappa shape index (κ3) is 2.73. The highest BCUT2D eigenvalue weighted by atomic mass is 16.1. The Balaban J connectivity index is 1.61. The quantitative estimate of drug-likeness (QED) is 0.783. The lowest BCUT2D eigenvalue weighted by atomic mass is 10.1. The molecule has 0 fully saturated rings. The van der Waals surface area contributed by atoms with Gasteiger partial charge in [0.15, 0.2) is 5.82 Å². The number of carbonyl (C=O) groups is 1. The standard InChI is InChI=1S/C17H21N7O/c1-3-14-20-15-13(7-6-10-24(15)21-14)19-16(25)12-11-18-22(2)17(12)23-8-4-5-9-23/h4-5,8-9,11,13H,3,6-7,10H2,1-2H3,(H,19,25)/t13-/m0/s1. The van der Waals surface area contributed by atoms with Gasteiger partial charge in [-0.05, 0) is 25.0 Å². The summed E-state index contributed by atoms with van der Waals surface area (Å²) in [5.41, 5.74) is 0.547. The second-order valence-electron chi connectivity index (χ2n) is 6.23. The molecule has 1 atom stereocenters. The fourth-order valence-corrected chi connectivity index (χ4v) is 3.30. The van der Waals surface area contributed by atoms with E-state index in [0.717, 1.165) is 43.3 Å². The molecule has 25 heavy (non-hydrogen) atoms. The fraction of sp³-hybridized carbons (Fsp3) is 0.412. The number of aryl methyl sites for hydroxylation is 3. The van der Waals surface area contributed by atoms with E-state index in [9.17, 15) is 4.79 Å². The second kappa shape index (κ2) is 6.19. The average Bonchev–Trinajstić information content (AvgIpc) is 3.33. The van der Waals surface area contributed by atoms with Crippen LogP contribution in [0.5, 0.6) is 0 Å². The molecule has 0 radical (unpaired) electrons. The molecule has 8 nitrogen and oxygen atoms in total. The van der Waals surface area contributed by atoms with Crippen LogP contribution in [0.2, 0.25) is 0 Å². The maximum Gasteiger partial charge on any atom is 0.257 e. The number of nitrogens with zero attached hydrogens (tertiary/aromatic N) is 6. The first-order valence-electron chi connectivity index (χ1n) is 8.57. The van der Waals surface area contributed by atoms with Gasteiger partial charge in [0.05, 0.1) is 12.2 Å². The first-order valence-corrected chi connectivity index (χ1v) is 8.57. The molecule has 1 amide bonds. The van der Waals surface area contributed by atoms with Gasteiger partial charge in [0.25, 0.3) is 5.91 Å². The minimum atomic E-state index is -0.142. The molecule has 130 valence electrons. The van der Waals surface area contributed by atoms with Crippen LogP contribution in [0.25, 0.3) is 5.82 Å².